The number of nitrogens with zero attached hydrogens (tertiary/aromatic N) is 1. The third-order valence-electron chi connectivity index (χ3n) is 3.88. The number of rotatable bonds is 3. The molecule has 0 aromatic heterocycles. The lowest BCUT2D eigenvalue weighted by Gasteiger charge is -2.42. The zero-order valence-electron chi connectivity index (χ0n) is 10.3. The number of fused-ring (bicyclic) bond motifs is 1. The van der Waals surface area contributed by atoms with Gasteiger partial charge in [0, 0.05) is 6.42 Å². The van der Waals surface area contributed by atoms with Gasteiger partial charge in [0.1, 0.15) is 11.4 Å². The van der Waals surface area contributed by atoms with Crippen LogP contribution in [0.5, 0.6) is 0 Å². The number of hydrogen-bond acceptors (Lipinski definition) is 6. The summed E-state index contributed by atoms with van der Waals surface area (Å²) >= 11 is 0. The van der Waals surface area contributed by atoms with Gasteiger partial charge in [-0.05, 0) is 13.8 Å². The molecule has 2 fully saturated rings. The van der Waals surface area contributed by atoms with Crippen molar-refractivity contribution in [2.75, 3.05) is 0 Å². The Kier molecular flexibility index (Phi) is 2.92. The second-order valence-corrected chi connectivity index (χ2v) is 7.97. The molecule has 2 aliphatic heterocycles. The van der Waals surface area contributed by atoms with Crippen molar-refractivity contribution in [2.24, 2.45) is 5.92 Å². The average Bonchev–Trinajstić information content (AvgIpc) is 2.38. The predicted octanol–water partition coefficient (Wildman–Crippen LogP) is -1.87. The summed E-state index contributed by atoms with van der Waals surface area (Å²) in [6.45, 7) is 2.53. The normalized spacial score (nSPS) is 35.1. The predicted molar refractivity (Wildman–Crippen MR) is 61.4 cm³/mol. The number of amides is 1. The molecule has 0 aromatic carbocycles. The van der Waals surface area contributed by atoms with Crippen LogP contribution >= 0.6 is 0 Å². The Morgan fingerprint density at radius 2 is 1.95 bits per heavy atom. The van der Waals surface area contributed by atoms with E-state index in [9.17, 15) is 18.0 Å². The van der Waals surface area contributed by atoms with Crippen LogP contribution in [0.15, 0.2) is 0 Å². The van der Waals surface area contributed by atoms with Crippen LogP contribution in [0.4, 0.5) is 0 Å². The minimum atomic E-state index is -3.89. The summed E-state index contributed by atoms with van der Waals surface area (Å²) in [6, 6.07) is -1.44. The largest absolute Gasteiger partial charge is 0.480 e. The van der Waals surface area contributed by atoms with E-state index >= 15 is 0 Å². The number of aliphatic hydroxyl groups is 2. The Labute approximate surface area is 109 Å². The van der Waals surface area contributed by atoms with Gasteiger partial charge >= 0.3 is 5.97 Å². The summed E-state index contributed by atoms with van der Waals surface area (Å²) in [5.74, 6) is -3.14. The van der Waals surface area contributed by atoms with Crippen LogP contribution in [0.1, 0.15) is 20.3 Å². The van der Waals surface area contributed by atoms with Crippen LogP contribution in [0.3, 0.4) is 0 Å². The third kappa shape index (κ3) is 1.61. The molecule has 0 aromatic rings. The van der Waals surface area contributed by atoms with Crippen molar-refractivity contribution < 1.29 is 33.3 Å². The van der Waals surface area contributed by atoms with E-state index < -0.39 is 56.5 Å². The second-order valence-electron chi connectivity index (χ2n) is 5.35. The minimum Gasteiger partial charge on any atom is -0.480 e. The van der Waals surface area contributed by atoms with Crippen molar-refractivity contribution in [1.29, 1.82) is 0 Å². The van der Waals surface area contributed by atoms with E-state index in [4.69, 9.17) is 15.3 Å². The Morgan fingerprint density at radius 1 is 1.42 bits per heavy atom. The molecule has 9 heteroatoms. The Hall–Kier alpha value is -1.19. The Balaban J connectivity index is 2.45. The maximum Gasteiger partial charge on any atom is 0.328 e. The highest BCUT2D eigenvalue weighted by atomic mass is 32.2. The van der Waals surface area contributed by atoms with Crippen LogP contribution in [0.2, 0.25) is 0 Å². The molecule has 0 radical (unpaired) electrons. The van der Waals surface area contributed by atoms with Crippen molar-refractivity contribution in [3.05, 3.63) is 0 Å². The lowest BCUT2D eigenvalue weighted by atomic mass is 9.89. The van der Waals surface area contributed by atoms with E-state index in [0.717, 1.165) is 4.90 Å². The molecule has 2 rings (SSSR count). The zero-order valence-corrected chi connectivity index (χ0v) is 11.2. The monoisotopic (exact) mass is 293 g/mol. The Morgan fingerprint density at radius 3 is 2.37 bits per heavy atom. The summed E-state index contributed by atoms with van der Waals surface area (Å²) in [6.07, 6.45) is -2.22. The van der Waals surface area contributed by atoms with Crippen molar-refractivity contribution in [2.45, 2.75) is 42.7 Å². The number of sulfone groups is 1. The van der Waals surface area contributed by atoms with Gasteiger partial charge in [0.15, 0.2) is 16.1 Å². The molecule has 3 N–H and O–H groups in total. The summed E-state index contributed by atoms with van der Waals surface area (Å²) in [7, 11) is -3.89. The fourth-order valence-corrected chi connectivity index (χ4v) is 5.19. The summed E-state index contributed by atoms with van der Waals surface area (Å²) in [5, 5.41) is 25.6. The minimum absolute atomic E-state index is 0.415. The van der Waals surface area contributed by atoms with Crippen LogP contribution in [-0.4, -0.2) is 63.0 Å². The van der Waals surface area contributed by atoms with Gasteiger partial charge in [-0.1, -0.05) is 0 Å². The van der Waals surface area contributed by atoms with Crippen LogP contribution in [0, 0.1) is 5.92 Å². The van der Waals surface area contributed by atoms with Gasteiger partial charge in [-0.2, -0.15) is 0 Å². The number of aliphatic hydroxyl groups excluding tert-OH is 1. The molecule has 0 saturated carbocycles. The lowest BCUT2D eigenvalue weighted by molar-refractivity contribution is -0.168. The molecular formula is C10H15NO7S. The van der Waals surface area contributed by atoms with Crippen molar-refractivity contribution in [1.82, 2.24) is 4.90 Å². The third-order valence-corrected chi connectivity index (χ3v) is 6.76. The highest BCUT2D eigenvalue weighted by Gasteiger charge is 2.71. The molecular weight excluding hydrogens is 278 g/mol. The molecule has 0 aliphatic carbocycles. The molecule has 0 unspecified atom stereocenters. The molecule has 2 saturated heterocycles. The smallest absolute Gasteiger partial charge is 0.328 e. The highest BCUT2D eigenvalue weighted by molar-refractivity contribution is 7.93. The summed E-state index contributed by atoms with van der Waals surface area (Å²) < 4.78 is 23.0. The second kappa shape index (κ2) is 3.90. The van der Waals surface area contributed by atoms with Crippen LogP contribution < -0.4 is 0 Å². The number of β-lactam (4-membered cyclic amide) rings is 1. The summed E-state index contributed by atoms with van der Waals surface area (Å²) in [5.41, 5.74) is 0. The first kappa shape index (κ1) is 14.2. The van der Waals surface area contributed by atoms with E-state index in [1.165, 1.54) is 13.8 Å². The van der Waals surface area contributed by atoms with Gasteiger partial charge in [-0.15, -0.1) is 0 Å². The van der Waals surface area contributed by atoms with Crippen molar-refractivity contribution in [3.8, 4) is 0 Å². The first-order chi connectivity index (χ1) is 8.53. The van der Waals surface area contributed by atoms with E-state index in [-0.39, 0.29) is 0 Å². The molecule has 2 heterocycles. The van der Waals surface area contributed by atoms with Gasteiger partial charge in [0.25, 0.3) is 0 Å². The van der Waals surface area contributed by atoms with Gasteiger partial charge < -0.3 is 20.2 Å². The SMILES string of the molecule is CC1(C)[C@H](C(=O)O)N2C(=O)[C@@H](CC(O)O)[C@H]2S1(=O)=O. The number of carbonyl (C=O) groups excluding carboxylic acids is 1. The number of carboxylic acid groups (broad SMARTS) is 1. The van der Waals surface area contributed by atoms with Crippen molar-refractivity contribution >= 4 is 21.7 Å². The van der Waals surface area contributed by atoms with Crippen LogP contribution in [-0.2, 0) is 19.4 Å². The lowest BCUT2D eigenvalue weighted by Crippen LogP contribution is -2.64. The highest BCUT2D eigenvalue weighted by Crippen LogP contribution is 2.49. The molecule has 19 heavy (non-hydrogen) atoms. The standard InChI is InChI=1S/C10H15NO7S/c1-10(2)6(9(15)16)11-7(14)4(3-5(12)13)8(11)19(10,17)18/h4-6,8,12-13H,3H2,1-2H3,(H,15,16)/t4-,6+,8-/m1/s1. The fourth-order valence-electron chi connectivity index (χ4n) is 2.85. The van der Waals surface area contributed by atoms with Gasteiger partial charge in [0.05, 0.1) is 10.7 Å². The number of carbonyl (C=O) groups is 2. The first-order valence-corrected chi connectivity index (χ1v) is 7.22. The molecule has 0 spiro atoms. The fraction of sp³-hybridized carbons (Fsp3) is 0.800. The van der Waals surface area contributed by atoms with E-state index in [1.807, 2.05) is 0 Å². The number of hydrogen-bond donors (Lipinski definition) is 3. The molecule has 108 valence electrons. The number of aliphatic carboxylic acids is 1. The molecule has 2 aliphatic rings. The van der Waals surface area contributed by atoms with E-state index in [1.54, 1.807) is 0 Å². The first-order valence-electron chi connectivity index (χ1n) is 5.68. The maximum absolute atomic E-state index is 12.3. The van der Waals surface area contributed by atoms with Crippen LogP contribution in [0.25, 0.3) is 0 Å². The number of carboxylic acids is 1. The molecule has 8 nitrogen and oxygen atoms in total. The Bertz CT molecular complexity index is 538. The van der Waals surface area contributed by atoms with E-state index in [2.05, 4.69) is 0 Å². The molecule has 1 amide bonds. The maximum atomic E-state index is 12.3. The van der Waals surface area contributed by atoms with Crippen molar-refractivity contribution in [3.63, 3.8) is 0 Å². The van der Waals surface area contributed by atoms with Gasteiger partial charge in [0.2, 0.25) is 5.91 Å². The van der Waals surface area contributed by atoms with Gasteiger partial charge in [-0.3, -0.25) is 4.79 Å². The average molecular weight is 293 g/mol. The molecule has 0 bridgehead atoms. The topological polar surface area (TPSA) is 132 Å². The molecule has 3 atom stereocenters. The summed E-state index contributed by atoms with van der Waals surface area (Å²) in [4.78, 5) is 23.9. The van der Waals surface area contributed by atoms with Gasteiger partial charge in [-0.25, -0.2) is 13.2 Å². The van der Waals surface area contributed by atoms with E-state index in [0.29, 0.717) is 0 Å². The quantitative estimate of drug-likeness (QED) is 0.410. The zero-order chi connectivity index (χ0) is 14.7.